The summed E-state index contributed by atoms with van der Waals surface area (Å²) in [6.45, 7) is 3.96. The maximum absolute atomic E-state index is 8.88. The van der Waals surface area contributed by atoms with Crippen LogP contribution in [0.2, 0.25) is 10.0 Å². The van der Waals surface area contributed by atoms with Crippen LogP contribution in [0.5, 0.6) is 11.5 Å². The number of hydrogen-bond donors (Lipinski definition) is 0. The summed E-state index contributed by atoms with van der Waals surface area (Å²) in [4.78, 5) is 8.34. The third-order valence-electron chi connectivity index (χ3n) is 5.07. The van der Waals surface area contributed by atoms with Gasteiger partial charge < -0.3 is 4.74 Å². The van der Waals surface area contributed by atoms with E-state index >= 15 is 0 Å². The fourth-order valence-corrected chi connectivity index (χ4v) is 3.59. The van der Waals surface area contributed by atoms with E-state index in [2.05, 4.69) is 29.0 Å². The normalized spacial score (nSPS) is 9.66. The van der Waals surface area contributed by atoms with E-state index in [1.807, 2.05) is 55.5 Å². The first-order valence-electron chi connectivity index (χ1n) is 11.4. The first-order valence-corrected chi connectivity index (χ1v) is 13.2. The number of ether oxygens (including phenoxy) is 1. The van der Waals surface area contributed by atoms with Crippen LogP contribution in [0.15, 0.2) is 79.1 Å². The molecule has 0 atom stereocenters. The Hall–Kier alpha value is -3.77. The molecular formula is C28H25Cl2N3O4S. The molecule has 0 N–H and O–H groups in total. The molecule has 0 spiro atoms. The largest absolute Gasteiger partial charge is 0.456 e. The lowest BCUT2D eigenvalue weighted by molar-refractivity contribution is 0.482. The SMILES string of the molecule is Cc1ccccc1.Cc1ncnc(CCCc2ccc(Oc3ccc(C#N)cc3Cl)cc2)c1Cl.O=S(=O)=O. The highest BCUT2D eigenvalue weighted by molar-refractivity contribution is 7.59. The first-order chi connectivity index (χ1) is 18.2. The topological polar surface area (TPSA) is 110 Å². The van der Waals surface area contributed by atoms with E-state index in [0.717, 1.165) is 30.7 Å². The van der Waals surface area contributed by atoms with Crippen LogP contribution in [-0.2, 0) is 23.5 Å². The Balaban J connectivity index is 0.000000384. The first kappa shape index (κ1) is 30.5. The Kier molecular flexibility index (Phi) is 12.9. The van der Waals surface area contributed by atoms with Crippen LogP contribution in [0.3, 0.4) is 0 Å². The molecule has 196 valence electrons. The summed E-state index contributed by atoms with van der Waals surface area (Å²) >= 11 is 12.4. The Labute approximate surface area is 233 Å². The van der Waals surface area contributed by atoms with E-state index in [-0.39, 0.29) is 0 Å². The molecule has 0 radical (unpaired) electrons. The maximum atomic E-state index is 8.88. The van der Waals surface area contributed by atoms with Crippen molar-refractivity contribution < 1.29 is 17.4 Å². The minimum atomic E-state index is -3.11. The summed E-state index contributed by atoms with van der Waals surface area (Å²) in [5.41, 5.74) is 4.73. The van der Waals surface area contributed by atoms with Crippen molar-refractivity contribution in [2.45, 2.75) is 33.1 Å². The van der Waals surface area contributed by atoms with Gasteiger partial charge in [0.05, 0.1) is 33.1 Å². The fraction of sp³-hybridized carbons (Fsp3) is 0.179. The molecule has 0 bridgehead atoms. The molecule has 0 unspecified atom stereocenters. The molecule has 10 heteroatoms. The molecule has 0 aliphatic heterocycles. The summed E-state index contributed by atoms with van der Waals surface area (Å²) in [6.07, 6.45) is 4.22. The summed E-state index contributed by atoms with van der Waals surface area (Å²) in [7, 11) is -3.11. The molecule has 0 fully saturated rings. The van der Waals surface area contributed by atoms with Crippen LogP contribution < -0.4 is 4.74 Å². The molecular weight excluding hydrogens is 545 g/mol. The number of nitrogens with zero attached hydrogens (tertiary/aromatic N) is 3. The average molecular weight is 570 g/mol. The van der Waals surface area contributed by atoms with Gasteiger partial charge in [-0.2, -0.15) is 5.26 Å². The van der Waals surface area contributed by atoms with Crippen LogP contribution in [0, 0.1) is 25.2 Å². The highest BCUT2D eigenvalue weighted by atomic mass is 35.5. The minimum absolute atomic E-state index is 0.412. The molecule has 0 amide bonds. The third kappa shape index (κ3) is 11.1. The zero-order chi connectivity index (χ0) is 27.9. The summed E-state index contributed by atoms with van der Waals surface area (Å²) < 4.78 is 31.1. The van der Waals surface area contributed by atoms with Gasteiger partial charge in [0.2, 0.25) is 0 Å². The van der Waals surface area contributed by atoms with Crippen LogP contribution >= 0.6 is 23.2 Å². The summed E-state index contributed by atoms with van der Waals surface area (Å²) in [5, 5.41) is 9.95. The molecule has 0 aliphatic rings. The fourth-order valence-electron chi connectivity index (χ4n) is 3.18. The van der Waals surface area contributed by atoms with Crippen molar-refractivity contribution in [1.82, 2.24) is 9.97 Å². The van der Waals surface area contributed by atoms with Crippen LogP contribution in [0.4, 0.5) is 0 Å². The smallest absolute Gasteiger partial charge is 0.425 e. The van der Waals surface area contributed by atoms with Crippen LogP contribution in [0.1, 0.15) is 34.5 Å². The number of nitriles is 1. The second-order valence-electron chi connectivity index (χ2n) is 7.94. The quantitative estimate of drug-likeness (QED) is 0.247. The second-order valence-corrected chi connectivity index (χ2v) is 9.13. The van der Waals surface area contributed by atoms with Gasteiger partial charge in [0.1, 0.15) is 17.8 Å². The van der Waals surface area contributed by atoms with Gasteiger partial charge in [-0.05, 0) is 69.0 Å². The van der Waals surface area contributed by atoms with Crippen molar-refractivity contribution in [3.05, 3.63) is 117 Å². The molecule has 1 aromatic heterocycles. The van der Waals surface area contributed by atoms with E-state index in [0.29, 0.717) is 27.1 Å². The second kappa shape index (κ2) is 16.2. The molecule has 3 aromatic carbocycles. The Morgan fingerprint density at radius 3 is 2.11 bits per heavy atom. The molecule has 0 saturated heterocycles. The van der Waals surface area contributed by atoms with E-state index in [9.17, 15) is 0 Å². The predicted molar refractivity (Wildman–Crippen MR) is 147 cm³/mol. The minimum Gasteiger partial charge on any atom is -0.456 e. The van der Waals surface area contributed by atoms with Gasteiger partial charge in [0, 0.05) is 0 Å². The van der Waals surface area contributed by atoms with Gasteiger partial charge in [-0.25, -0.2) is 9.97 Å². The lowest BCUT2D eigenvalue weighted by Gasteiger charge is -2.09. The third-order valence-corrected chi connectivity index (χ3v) is 5.85. The van der Waals surface area contributed by atoms with Crippen LogP contribution in [-0.4, -0.2) is 22.6 Å². The molecule has 0 saturated carbocycles. The van der Waals surface area contributed by atoms with Gasteiger partial charge >= 0.3 is 10.6 Å². The van der Waals surface area contributed by atoms with Gasteiger partial charge in [-0.15, -0.1) is 12.6 Å². The van der Waals surface area contributed by atoms with E-state index in [4.69, 9.17) is 45.8 Å². The van der Waals surface area contributed by atoms with E-state index in [1.54, 1.807) is 24.5 Å². The highest BCUT2D eigenvalue weighted by Gasteiger charge is 2.07. The lowest BCUT2D eigenvalue weighted by Crippen LogP contribution is -1.97. The van der Waals surface area contributed by atoms with E-state index < -0.39 is 10.6 Å². The van der Waals surface area contributed by atoms with Crippen molar-refractivity contribution in [1.29, 1.82) is 5.26 Å². The lowest BCUT2D eigenvalue weighted by atomic mass is 10.1. The van der Waals surface area contributed by atoms with Crippen molar-refractivity contribution in [2.24, 2.45) is 0 Å². The van der Waals surface area contributed by atoms with E-state index in [1.165, 1.54) is 11.1 Å². The number of rotatable bonds is 6. The van der Waals surface area contributed by atoms with Crippen LogP contribution in [0.25, 0.3) is 0 Å². The maximum Gasteiger partial charge on any atom is 0.425 e. The standard InChI is InChI=1S/C21H17Cl2N3O.C7H8.O3S/c1-14-21(23)19(26-13-25-14)4-2-3-15-5-8-17(9-6-15)27-20-10-7-16(12-24)11-18(20)22;1-7-5-3-2-4-6-7;1-4(2)3/h5-11,13H,2-4H2,1H3;2-6H,1H3;. The highest BCUT2D eigenvalue weighted by Crippen LogP contribution is 2.30. The predicted octanol–water partition coefficient (Wildman–Crippen LogP) is 6.92. The van der Waals surface area contributed by atoms with Crippen molar-refractivity contribution in [3.63, 3.8) is 0 Å². The number of halogens is 2. The van der Waals surface area contributed by atoms with Gasteiger partial charge in [0.15, 0.2) is 0 Å². The number of benzene rings is 3. The zero-order valence-electron chi connectivity index (χ0n) is 20.8. The summed E-state index contributed by atoms with van der Waals surface area (Å²) in [5.74, 6) is 1.22. The number of aromatic nitrogens is 2. The molecule has 1 heterocycles. The molecule has 7 nitrogen and oxygen atoms in total. The van der Waals surface area contributed by atoms with Gasteiger partial charge in [-0.1, -0.05) is 71.2 Å². The Bertz CT molecular complexity index is 1470. The Morgan fingerprint density at radius 2 is 1.55 bits per heavy atom. The molecule has 4 aromatic rings. The summed E-state index contributed by atoms with van der Waals surface area (Å²) in [6, 6.07) is 25.1. The average Bonchev–Trinajstić information content (AvgIpc) is 2.89. The van der Waals surface area contributed by atoms with Gasteiger partial charge in [0.25, 0.3) is 0 Å². The monoisotopic (exact) mass is 569 g/mol. The van der Waals surface area contributed by atoms with Gasteiger partial charge in [-0.3, -0.25) is 0 Å². The molecule has 0 aliphatic carbocycles. The molecule has 38 heavy (non-hydrogen) atoms. The van der Waals surface area contributed by atoms with Crippen molar-refractivity contribution >= 4 is 33.8 Å². The zero-order valence-corrected chi connectivity index (χ0v) is 23.1. The van der Waals surface area contributed by atoms with Crippen molar-refractivity contribution in [2.75, 3.05) is 0 Å². The number of aryl methyl sites for hydroxylation is 4. The molecule has 4 rings (SSSR count). The number of hydrogen-bond acceptors (Lipinski definition) is 7. The van der Waals surface area contributed by atoms with Crippen molar-refractivity contribution in [3.8, 4) is 17.6 Å². The Morgan fingerprint density at radius 1 is 0.895 bits per heavy atom.